The highest BCUT2D eigenvalue weighted by Crippen LogP contribution is 2.33. The summed E-state index contributed by atoms with van der Waals surface area (Å²) in [5, 5.41) is 3.59. The van der Waals surface area contributed by atoms with Crippen LogP contribution in [0.2, 0.25) is 0 Å². The second-order valence-corrected chi connectivity index (χ2v) is 7.32. The summed E-state index contributed by atoms with van der Waals surface area (Å²) in [6, 6.07) is 13.4. The molecule has 0 bridgehead atoms. The number of para-hydroxylation sites is 1. The minimum atomic E-state index is -0.359. The molecular formula is C22H20N2O4S. The standard InChI is InChI=1S/C22H20N2O4S/c1-24-11-17(16-6-4-5-7-18(16)24)22(25)28-12-15-13-29-21(23-15)14-8-9-19(26-2)20(10-14)27-3/h4-11,13H,12H2,1-3H3. The molecule has 29 heavy (non-hydrogen) atoms. The summed E-state index contributed by atoms with van der Waals surface area (Å²) in [5.74, 6) is 0.948. The van der Waals surface area contributed by atoms with Crippen LogP contribution in [0.3, 0.4) is 0 Å². The summed E-state index contributed by atoms with van der Waals surface area (Å²) >= 11 is 1.49. The van der Waals surface area contributed by atoms with Crippen molar-refractivity contribution in [3.63, 3.8) is 0 Å². The normalized spacial score (nSPS) is 10.9. The van der Waals surface area contributed by atoms with Gasteiger partial charge in [0.1, 0.15) is 11.6 Å². The van der Waals surface area contributed by atoms with Crippen molar-refractivity contribution in [1.29, 1.82) is 0 Å². The topological polar surface area (TPSA) is 62.6 Å². The average Bonchev–Trinajstić information content (AvgIpc) is 3.36. The van der Waals surface area contributed by atoms with Gasteiger partial charge in [0.25, 0.3) is 0 Å². The lowest BCUT2D eigenvalue weighted by molar-refractivity contribution is 0.0470. The molecule has 0 aliphatic heterocycles. The molecule has 2 heterocycles. The number of hydrogen-bond donors (Lipinski definition) is 0. The number of aromatic nitrogens is 2. The Morgan fingerprint density at radius 2 is 1.90 bits per heavy atom. The number of aryl methyl sites for hydroxylation is 1. The Morgan fingerprint density at radius 1 is 1.10 bits per heavy atom. The number of ether oxygens (including phenoxy) is 3. The summed E-state index contributed by atoms with van der Waals surface area (Å²) in [4.78, 5) is 17.2. The molecule has 0 radical (unpaired) electrons. The van der Waals surface area contributed by atoms with Crippen molar-refractivity contribution < 1.29 is 19.0 Å². The fourth-order valence-corrected chi connectivity index (χ4v) is 4.00. The van der Waals surface area contributed by atoms with Gasteiger partial charge in [-0.2, -0.15) is 0 Å². The number of thiazole rings is 1. The van der Waals surface area contributed by atoms with Gasteiger partial charge in [-0.05, 0) is 24.3 Å². The van der Waals surface area contributed by atoms with Crippen molar-refractivity contribution in [2.45, 2.75) is 6.61 Å². The van der Waals surface area contributed by atoms with Crippen molar-refractivity contribution in [3.8, 4) is 22.1 Å². The van der Waals surface area contributed by atoms with Crippen LogP contribution in [0.25, 0.3) is 21.5 Å². The third-order valence-corrected chi connectivity index (χ3v) is 5.59. The third-order valence-electron chi connectivity index (χ3n) is 4.65. The van der Waals surface area contributed by atoms with E-state index >= 15 is 0 Å². The molecular weight excluding hydrogens is 388 g/mol. The summed E-state index contributed by atoms with van der Waals surface area (Å²) < 4.78 is 18.1. The van der Waals surface area contributed by atoms with Crippen LogP contribution < -0.4 is 9.47 Å². The van der Waals surface area contributed by atoms with E-state index in [2.05, 4.69) is 4.98 Å². The molecule has 6 nitrogen and oxygen atoms in total. The molecule has 0 spiro atoms. The van der Waals surface area contributed by atoms with Gasteiger partial charge in [0.2, 0.25) is 0 Å². The molecule has 2 aromatic carbocycles. The molecule has 0 saturated carbocycles. The van der Waals surface area contributed by atoms with E-state index in [9.17, 15) is 4.79 Å². The first-order chi connectivity index (χ1) is 14.1. The fraction of sp³-hybridized carbons (Fsp3) is 0.182. The molecule has 0 atom stereocenters. The highest BCUT2D eigenvalue weighted by atomic mass is 32.1. The van der Waals surface area contributed by atoms with Gasteiger partial charge in [-0.3, -0.25) is 0 Å². The molecule has 148 valence electrons. The molecule has 0 aliphatic rings. The minimum absolute atomic E-state index is 0.117. The maximum atomic E-state index is 12.6. The predicted molar refractivity (Wildman–Crippen MR) is 113 cm³/mol. The first-order valence-corrected chi connectivity index (χ1v) is 9.86. The highest BCUT2D eigenvalue weighted by Gasteiger charge is 2.16. The summed E-state index contributed by atoms with van der Waals surface area (Å²) in [6.45, 7) is 0.117. The molecule has 4 aromatic rings. The number of carbonyl (C=O) groups excluding carboxylic acids is 1. The van der Waals surface area contributed by atoms with Gasteiger partial charge in [-0.1, -0.05) is 18.2 Å². The Bertz CT molecular complexity index is 1180. The number of fused-ring (bicyclic) bond motifs is 1. The molecule has 0 amide bonds. The first kappa shape index (κ1) is 19.0. The van der Waals surface area contributed by atoms with Crippen LogP contribution in [0.5, 0.6) is 11.5 Å². The zero-order valence-electron chi connectivity index (χ0n) is 16.3. The molecule has 4 rings (SSSR count). The lowest BCUT2D eigenvalue weighted by atomic mass is 10.2. The number of methoxy groups -OCH3 is 2. The second kappa shape index (κ2) is 7.97. The Hall–Kier alpha value is -3.32. The summed E-state index contributed by atoms with van der Waals surface area (Å²) in [6.07, 6.45) is 1.79. The van der Waals surface area contributed by atoms with E-state index in [1.165, 1.54) is 11.3 Å². The maximum absolute atomic E-state index is 12.6. The minimum Gasteiger partial charge on any atom is -0.493 e. The molecule has 0 saturated heterocycles. The molecule has 0 unspecified atom stereocenters. The number of carbonyl (C=O) groups is 1. The van der Waals surface area contributed by atoms with Crippen LogP contribution >= 0.6 is 11.3 Å². The van der Waals surface area contributed by atoms with Gasteiger partial charge in [-0.25, -0.2) is 9.78 Å². The smallest absolute Gasteiger partial charge is 0.340 e. The highest BCUT2D eigenvalue weighted by molar-refractivity contribution is 7.13. The van der Waals surface area contributed by atoms with Gasteiger partial charge in [0.05, 0.1) is 25.5 Å². The fourth-order valence-electron chi connectivity index (χ4n) is 3.20. The van der Waals surface area contributed by atoms with Crippen LogP contribution in [0, 0.1) is 0 Å². The van der Waals surface area contributed by atoms with E-state index in [1.54, 1.807) is 20.4 Å². The largest absolute Gasteiger partial charge is 0.493 e. The van der Waals surface area contributed by atoms with Crippen LogP contribution in [0.1, 0.15) is 16.1 Å². The predicted octanol–water partition coefficient (Wildman–Crippen LogP) is 4.68. The Balaban J connectivity index is 1.49. The van der Waals surface area contributed by atoms with Crippen LogP contribution in [-0.2, 0) is 18.4 Å². The Labute approximate surface area is 172 Å². The van der Waals surface area contributed by atoms with E-state index in [4.69, 9.17) is 14.2 Å². The van der Waals surface area contributed by atoms with Crippen LogP contribution in [0.4, 0.5) is 0 Å². The van der Waals surface area contributed by atoms with Crippen LogP contribution in [0.15, 0.2) is 54.0 Å². The van der Waals surface area contributed by atoms with Gasteiger partial charge in [0.15, 0.2) is 11.5 Å². The zero-order valence-corrected chi connectivity index (χ0v) is 17.2. The molecule has 0 aliphatic carbocycles. The lowest BCUT2D eigenvalue weighted by Gasteiger charge is -2.08. The van der Waals surface area contributed by atoms with E-state index < -0.39 is 0 Å². The molecule has 0 N–H and O–H groups in total. The summed E-state index contributed by atoms with van der Waals surface area (Å²) in [7, 11) is 5.11. The quantitative estimate of drug-likeness (QED) is 0.434. The number of hydrogen-bond acceptors (Lipinski definition) is 6. The third kappa shape index (κ3) is 3.69. The SMILES string of the molecule is COc1ccc(-c2nc(COC(=O)c3cn(C)c4ccccc34)cs2)cc1OC. The van der Waals surface area contributed by atoms with E-state index in [0.29, 0.717) is 22.8 Å². The number of nitrogens with zero attached hydrogens (tertiary/aromatic N) is 2. The number of rotatable bonds is 6. The van der Waals surface area contributed by atoms with Crippen molar-refractivity contribution in [3.05, 3.63) is 65.3 Å². The van der Waals surface area contributed by atoms with Crippen molar-refractivity contribution in [2.75, 3.05) is 14.2 Å². The van der Waals surface area contributed by atoms with Crippen molar-refractivity contribution in [2.24, 2.45) is 7.05 Å². The van der Waals surface area contributed by atoms with Crippen molar-refractivity contribution in [1.82, 2.24) is 9.55 Å². The molecule has 2 aromatic heterocycles. The molecule has 0 fully saturated rings. The van der Waals surface area contributed by atoms with E-state index in [0.717, 1.165) is 21.5 Å². The lowest BCUT2D eigenvalue weighted by Crippen LogP contribution is -2.05. The molecule has 7 heteroatoms. The monoisotopic (exact) mass is 408 g/mol. The average molecular weight is 408 g/mol. The zero-order chi connectivity index (χ0) is 20.4. The Morgan fingerprint density at radius 3 is 2.69 bits per heavy atom. The number of benzene rings is 2. The van der Waals surface area contributed by atoms with Gasteiger partial charge in [0, 0.05) is 35.1 Å². The van der Waals surface area contributed by atoms with Gasteiger partial charge in [-0.15, -0.1) is 11.3 Å². The summed E-state index contributed by atoms with van der Waals surface area (Å²) in [5.41, 5.74) is 3.16. The number of esters is 1. The van der Waals surface area contributed by atoms with Crippen LogP contribution in [-0.4, -0.2) is 29.7 Å². The van der Waals surface area contributed by atoms with Gasteiger partial charge < -0.3 is 18.8 Å². The van der Waals surface area contributed by atoms with E-state index in [-0.39, 0.29) is 12.6 Å². The Kier molecular flexibility index (Phi) is 5.22. The van der Waals surface area contributed by atoms with Gasteiger partial charge >= 0.3 is 5.97 Å². The maximum Gasteiger partial charge on any atom is 0.340 e. The second-order valence-electron chi connectivity index (χ2n) is 6.46. The first-order valence-electron chi connectivity index (χ1n) is 8.98. The van der Waals surface area contributed by atoms with Crippen molar-refractivity contribution >= 4 is 28.2 Å². The van der Waals surface area contributed by atoms with E-state index in [1.807, 2.05) is 59.5 Å².